The van der Waals surface area contributed by atoms with E-state index in [1.54, 1.807) is 25.3 Å². The summed E-state index contributed by atoms with van der Waals surface area (Å²) in [6.45, 7) is 1.93. The summed E-state index contributed by atoms with van der Waals surface area (Å²) in [5.74, 6) is 1.28. The molecule has 1 atom stereocenters. The number of amides is 1. The molecule has 0 aromatic heterocycles. The van der Waals surface area contributed by atoms with E-state index >= 15 is 0 Å². The van der Waals surface area contributed by atoms with Crippen LogP contribution in [0.2, 0.25) is 0 Å². The average molecular weight is 333 g/mol. The van der Waals surface area contributed by atoms with Gasteiger partial charge in [-0.3, -0.25) is 4.79 Å². The number of nitrogens with one attached hydrogen (secondary N) is 1. The Hall–Kier alpha value is -2.01. The summed E-state index contributed by atoms with van der Waals surface area (Å²) in [5.41, 5.74) is 1.63. The fourth-order valence-corrected chi connectivity index (χ4v) is 2.95. The Labute approximate surface area is 140 Å². The summed E-state index contributed by atoms with van der Waals surface area (Å²) in [5, 5.41) is 2.94. The van der Waals surface area contributed by atoms with Gasteiger partial charge in [-0.05, 0) is 36.2 Å². The van der Waals surface area contributed by atoms with Gasteiger partial charge in [0.15, 0.2) is 0 Å². The van der Waals surface area contributed by atoms with E-state index in [1.807, 2.05) is 31.2 Å². The number of carbonyl (C=O) groups is 1. The van der Waals surface area contributed by atoms with E-state index in [9.17, 15) is 9.18 Å². The van der Waals surface area contributed by atoms with Crippen LogP contribution in [0.15, 0.2) is 48.5 Å². The second-order valence-corrected chi connectivity index (χ2v) is 6.13. The number of hydrogen-bond donors (Lipinski definition) is 1. The van der Waals surface area contributed by atoms with E-state index in [4.69, 9.17) is 4.74 Å². The number of carbonyl (C=O) groups excluding carboxylic acids is 1. The van der Waals surface area contributed by atoms with Gasteiger partial charge in [-0.25, -0.2) is 4.39 Å². The minimum atomic E-state index is -0.230. The second-order valence-electron chi connectivity index (χ2n) is 5.15. The zero-order valence-electron chi connectivity index (χ0n) is 13.2. The van der Waals surface area contributed by atoms with Crippen molar-refractivity contribution in [3.8, 4) is 5.75 Å². The summed E-state index contributed by atoms with van der Waals surface area (Å²) in [6.07, 6.45) is 0. The molecule has 3 nitrogen and oxygen atoms in total. The molecule has 0 fully saturated rings. The Balaban J connectivity index is 1.78. The van der Waals surface area contributed by atoms with Crippen molar-refractivity contribution in [2.45, 2.75) is 18.7 Å². The van der Waals surface area contributed by atoms with E-state index < -0.39 is 0 Å². The van der Waals surface area contributed by atoms with E-state index in [0.717, 1.165) is 11.3 Å². The molecule has 2 aromatic rings. The minimum Gasteiger partial charge on any atom is -0.497 e. The van der Waals surface area contributed by atoms with Crippen molar-refractivity contribution < 1.29 is 13.9 Å². The van der Waals surface area contributed by atoms with Crippen molar-refractivity contribution in [1.29, 1.82) is 0 Å². The molecule has 23 heavy (non-hydrogen) atoms. The molecule has 2 aromatic carbocycles. The second kappa shape index (κ2) is 8.58. The highest BCUT2D eigenvalue weighted by Gasteiger charge is 2.10. The highest BCUT2D eigenvalue weighted by molar-refractivity contribution is 7.99. The van der Waals surface area contributed by atoms with E-state index in [1.165, 1.54) is 17.8 Å². The van der Waals surface area contributed by atoms with Gasteiger partial charge < -0.3 is 10.1 Å². The number of methoxy groups -OCH3 is 1. The molecule has 1 amide bonds. The summed E-state index contributed by atoms with van der Waals surface area (Å²) < 4.78 is 18.6. The molecule has 0 bridgehead atoms. The fourth-order valence-electron chi connectivity index (χ4n) is 2.13. The molecule has 2 rings (SSSR count). The van der Waals surface area contributed by atoms with Crippen LogP contribution in [-0.2, 0) is 10.5 Å². The number of hydrogen-bond acceptors (Lipinski definition) is 3. The monoisotopic (exact) mass is 333 g/mol. The Morgan fingerprint density at radius 3 is 2.57 bits per heavy atom. The van der Waals surface area contributed by atoms with Crippen LogP contribution in [0.1, 0.15) is 24.1 Å². The first-order valence-electron chi connectivity index (χ1n) is 7.34. The highest BCUT2D eigenvalue weighted by Crippen LogP contribution is 2.18. The van der Waals surface area contributed by atoms with Gasteiger partial charge >= 0.3 is 0 Å². The predicted octanol–water partition coefficient (Wildman–Crippen LogP) is 3.94. The molecule has 0 spiro atoms. The first-order valence-corrected chi connectivity index (χ1v) is 8.50. The van der Waals surface area contributed by atoms with Gasteiger partial charge in [0.25, 0.3) is 0 Å². The molecule has 1 N–H and O–H groups in total. The van der Waals surface area contributed by atoms with Gasteiger partial charge in [0.2, 0.25) is 5.91 Å². The van der Waals surface area contributed by atoms with Crippen LogP contribution >= 0.6 is 11.8 Å². The smallest absolute Gasteiger partial charge is 0.230 e. The number of rotatable bonds is 7. The average Bonchev–Trinajstić information content (AvgIpc) is 2.56. The van der Waals surface area contributed by atoms with Gasteiger partial charge in [-0.1, -0.05) is 30.3 Å². The summed E-state index contributed by atoms with van der Waals surface area (Å²) in [4.78, 5) is 12.0. The van der Waals surface area contributed by atoms with E-state index in [-0.39, 0.29) is 17.8 Å². The molecule has 0 heterocycles. The van der Waals surface area contributed by atoms with Gasteiger partial charge in [0.05, 0.1) is 18.9 Å². The minimum absolute atomic E-state index is 0.0605. The first-order chi connectivity index (χ1) is 11.1. The molecular formula is C18H20FNO2S. The molecule has 1 unspecified atom stereocenters. The van der Waals surface area contributed by atoms with Crippen molar-refractivity contribution in [2.75, 3.05) is 12.9 Å². The molecule has 0 saturated heterocycles. The summed E-state index contributed by atoms with van der Waals surface area (Å²) in [7, 11) is 1.62. The Kier molecular flexibility index (Phi) is 6.47. The normalized spacial score (nSPS) is 11.8. The number of ether oxygens (including phenoxy) is 1. The lowest BCUT2D eigenvalue weighted by Crippen LogP contribution is -2.28. The Morgan fingerprint density at radius 2 is 1.91 bits per heavy atom. The van der Waals surface area contributed by atoms with Gasteiger partial charge in [0.1, 0.15) is 11.6 Å². The molecular weight excluding hydrogens is 313 g/mol. The maximum atomic E-state index is 13.5. The lowest BCUT2D eigenvalue weighted by Gasteiger charge is -2.14. The quantitative estimate of drug-likeness (QED) is 0.834. The lowest BCUT2D eigenvalue weighted by molar-refractivity contribution is -0.119. The molecule has 0 aliphatic carbocycles. The van der Waals surface area contributed by atoms with Crippen molar-refractivity contribution in [3.63, 3.8) is 0 Å². The van der Waals surface area contributed by atoms with Crippen molar-refractivity contribution >= 4 is 17.7 Å². The lowest BCUT2D eigenvalue weighted by atomic mass is 10.1. The number of thioether (sulfide) groups is 1. The van der Waals surface area contributed by atoms with Crippen molar-refractivity contribution in [3.05, 3.63) is 65.5 Å². The SMILES string of the molecule is COc1ccc(C(C)NC(=O)CSCc2ccccc2F)cc1. The van der Waals surface area contributed by atoms with E-state index in [0.29, 0.717) is 17.1 Å². The zero-order chi connectivity index (χ0) is 16.7. The van der Waals surface area contributed by atoms with Crippen LogP contribution in [0.3, 0.4) is 0 Å². The fraction of sp³-hybridized carbons (Fsp3) is 0.278. The maximum absolute atomic E-state index is 13.5. The summed E-state index contributed by atoms with van der Waals surface area (Å²) in [6, 6.07) is 14.1. The topological polar surface area (TPSA) is 38.3 Å². The Bertz CT molecular complexity index is 646. The third-order valence-electron chi connectivity index (χ3n) is 3.44. The summed E-state index contributed by atoms with van der Waals surface area (Å²) >= 11 is 1.40. The zero-order valence-corrected chi connectivity index (χ0v) is 14.0. The largest absolute Gasteiger partial charge is 0.497 e. The van der Waals surface area contributed by atoms with Crippen LogP contribution < -0.4 is 10.1 Å². The van der Waals surface area contributed by atoms with Gasteiger partial charge in [0, 0.05) is 5.75 Å². The van der Waals surface area contributed by atoms with Crippen LogP contribution in [0.5, 0.6) is 5.75 Å². The number of halogens is 1. The predicted molar refractivity (Wildman–Crippen MR) is 92.1 cm³/mol. The molecule has 0 aliphatic heterocycles. The number of benzene rings is 2. The van der Waals surface area contributed by atoms with Crippen LogP contribution in [0.25, 0.3) is 0 Å². The third kappa shape index (κ3) is 5.28. The van der Waals surface area contributed by atoms with Crippen molar-refractivity contribution in [1.82, 2.24) is 5.32 Å². The Morgan fingerprint density at radius 1 is 1.22 bits per heavy atom. The highest BCUT2D eigenvalue weighted by atomic mass is 32.2. The first kappa shape index (κ1) is 17.3. The van der Waals surface area contributed by atoms with Crippen LogP contribution in [0.4, 0.5) is 4.39 Å². The molecule has 0 radical (unpaired) electrons. The van der Waals surface area contributed by atoms with Crippen LogP contribution in [-0.4, -0.2) is 18.8 Å². The third-order valence-corrected chi connectivity index (χ3v) is 4.42. The maximum Gasteiger partial charge on any atom is 0.230 e. The molecule has 122 valence electrons. The standard InChI is InChI=1S/C18H20FNO2S/c1-13(14-7-9-16(22-2)10-8-14)20-18(21)12-23-11-15-5-3-4-6-17(15)19/h3-10,13H,11-12H2,1-2H3,(H,20,21). The van der Waals surface area contributed by atoms with Crippen LogP contribution in [0, 0.1) is 5.82 Å². The molecule has 0 aliphatic rings. The van der Waals surface area contributed by atoms with E-state index in [2.05, 4.69) is 5.32 Å². The molecule has 0 saturated carbocycles. The van der Waals surface area contributed by atoms with Gasteiger partial charge in [-0.15, -0.1) is 11.8 Å². The van der Waals surface area contributed by atoms with Crippen molar-refractivity contribution in [2.24, 2.45) is 0 Å². The van der Waals surface area contributed by atoms with Gasteiger partial charge in [-0.2, -0.15) is 0 Å². The molecule has 5 heteroatoms.